The van der Waals surface area contributed by atoms with Gasteiger partial charge in [-0.25, -0.2) is 27.2 Å². The van der Waals surface area contributed by atoms with Crippen molar-refractivity contribution in [3.05, 3.63) is 30.0 Å². The van der Waals surface area contributed by atoms with Crippen LogP contribution in [0, 0.1) is 23.7 Å². The number of carbonyl (C=O) groups excluding carboxylic acids is 4. The summed E-state index contributed by atoms with van der Waals surface area (Å²) in [5.74, 6) is -2.00. The molecular formula is C36H50F3N4O6+. The second-order valence-corrected chi connectivity index (χ2v) is 15.1. The molecule has 5 rings (SSSR count). The van der Waals surface area contributed by atoms with E-state index in [1.807, 2.05) is 0 Å². The first-order valence-corrected chi connectivity index (χ1v) is 17.6. The fraction of sp³-hybridized carbons (Fsp3) is 0.667. The molecule has 270 valence electrons. The molecular weight excluding hydrogens is 641 g/mol. The lowest BCUT2D eigenvalue weighted by atomic mass is 9.75. The van der Waals surface area contributed by atoms with Crippen molar-refractivity contribution in [3.63, 3.8) is 0 Å². The third kappa shape index (κ3) is 8.07. The standard InChI is InChI=1S/C36H49F3N4O6/c1-36(2,3)49-35(47)42-27(19-37)22-9-11-23(12-10-22)34(46)43(16-15-26(31(43)32(40)44)21-7-5-4-6-8-21)25-13-14-28-24(17-25)18-29(48-28)33(45)41-20-30(38)39/h13-14,17-18,21-23,26-27,30-31H,4-12,15-16,19-20H2,1-3H3,(H3-,40,41,42,44,45,47)/p+1/t22?,23?,26-,27+,31-,43?/m0/s1. The van der Waals surface area contributed by atoms with E-state index in [2.05, 4.69) is 10.6 Å². The molecule has 2 heterocycles. The third-order valence-electron chi connectivity index (χ3n) is 10.8. The molecule has 3 aliphatic rings. The molecule has 0 radical (unpaired) electrons. The Hall–Kier alpha value is -3.61. The van der Waals surface area contributed by atoms with Crippen LogP contribution in [0.1, 0.15) is 95.5 Å². The molecule has 10 nitrogen and oxygen atoms in total. The topological polar surface area (TPSA) is 141 Å². The van der Waals surface area contributed by atoms with E-state index < -0.39 is 61.2 Å². The molecule has 2 aliphatic carbocycles. The lowest BCUT2D eigenvalue weighted by Crippen LogP contribution is -2.65. The molecule has 1 aromatic heterocycles. The Labute approximate surface area is 285 Å². The number of likely N-dealkylation sites (tertiary alicyclic amines) is 1. The zero-order valence-electron chi connectivity index (χ0n) is 28.7. The fourth-order valence-corrected chi connectivity index (χ4v) is 8.61. The number of nitrogens with two attached hydrogens (primary N) is 1. The molecule has 4 N–H and O–H groups in total. The zero-order valence-corrected chi connectivity index (χ0v) is 28.7. The molecule has 13 heteroatoms. The van der Waals surface area contributed by atoms with Crippen LogP contribution in [0.3, 0.4) is 0 Å². The summed E-state index contributed by atoms with van der Waals surface area (Å²) in [5.41, 5.74) is 6.40. The first-order chi connectivity index (χ1) is 23.2. The van der Waals surface area contributed by atoms with Crippen LogP contribution in [0.25, 0.3) is 11.0 Å². The van der Waals surface area contributed by atoms with Crippen molar-refractivity contribution in [2.75, 3.05) is 19.8 Å². The van der Waals surface area contributed by atoms with Crippen LogP contribution < -0.4 is 20.9 Å². The van der Waals surface area contributed by atoms with E-state index in [9.17, 15) is 32.3 Å². The normalized spacial score (nSPS) is 27.2. The summed E-state index contributed by atoms with van der Waals surface area (Å²) in [6.07, 6.45) is 4.39. The van der Waals surface area contributed by atoms with Crippen LogP contribution in [0.2, 0.25) is 0 Å². The highest BCUT2D eigenvalue weighted by Gasteiger charge is 2.60. The van der Waals surface area contributed by atoms with Gasteiger partial charge in [-0.1, -0.05) is 19.3 Å². The molecule has 0 spiro atoms. The molecule has 4 atom stereocenters. The minimum absolute atomic E-state index is 0.0808. The molecule has 1 aliphatic heterocycles. The number of alkyl carbamates (subject to hydrolysis) is 1. The fourth-order valence-electron chi connectivity index (χ4n) is 8.61. The van der Waals surface area contributed by atoms with Gasteiger partial charge < -0.3 is 25.5 Å². The number of alkyl halides is 3. The first-order valence-electron chi connectivity index (χ1n) is 17.6. The Morgan fingerprint density at radius 1 is 1.00 bits per heavy atom. The maximum atomic E-state index is 15.0. The Morgan fingerprint density at radius 2 is 1.69 bits per heavy atom. The van der Waals surface area contributed by atoms with Crippen molar-refractivity contribution in [1.82, 2.24) is 15.1 Å². The number of primary amides is 1. The highest BCUT2D eigenvalue weighted by Crippen LogP contribution is 2.48. The smallest absolute Gasteiger partial charge is 0.407 e. The number of benzene rings is 1. The van der Waals surface area contributed by atoms with Crippen LogP contribution in [-0.2, 0) is 14.3 Å². The van der Waals surface area contributed by atoms with Crippen molar-refractivity contribution in [3.8, 4) is 0 Å². The third-order valence-corrected chi connectivity index (χ3v) is 10.8. The van der Waals surface area contributed by atoms with Crippen LogP contribution >= 0.6 is 0 Å². The maximum absolute atomic E-state index is 15.0. The SMILES string of the molecule is CC(C)(C)OC(=O)N[C@H](CF)C1CCC(C(=O)[N+]2(c3ccc4oc(C(=O)NCC(F)F)cc4c3)CC[C@@H](C3CCCCC3)[C@H]2C(N)=O)CC1. The van der Waals surface area contributed by atoms with Crippen molar-refractivity contribution in [2.24, 2.45) is 29.4 Å². The predicted octanol–water partition coefficient (Wildman–Crippen LogP) is 6.38. The second-order valence-electron chi connectivity index (χ2n) is 15.1. The summed E-state index contributed by atoms with van der Waals surface area (Å²) in [4.78, 5) is 53.4. The summed E-state index contributed by atoms with van der Waals surface area (Å²) in [6.45, 7) is 4.01. The Kier molecular flexibility index (Phi) is 11.3. The number of halogens is 3. The Balaban J connectivity index is 1.44. The van der Waals surface area contributed by atoms with Crippen LogP contribution in [0.15, 0.2) is 28.7 Å². The number of hydrogen-bond acceptors (Lipinski definition) is 6. The van der Waals surface area contributed by atoms with Gasteiger partial charge in [0.2, 0.25) is 0 Å². The lowest BCUT2D eigenvalue weighted by molar-refractivity contribution is -0.142. The largest absolute Gasteiger partial charge is 0.451 e. The summed E-state index contributed by atoms with van der Waals surface area (Å²) in [7, 11) is 0. The average molecular weight is 692 g/mol. The van der Waals surface area contributed by atoms with Gasteiger partial charge in [-0.15, -0.1) is 0 Å². The number of furan rings is 1. The second kappa shape index (κ2) is 15.1. The molecule has 49 heavy (non-hydrogen) atoms. The molecule has 4 amide bonds. The van der Waals surface area contributed by atoms with Gasteiger partial charge in [-0.3, -0.25) is 9.59 Å². The van der Waals surface area contributed by atoms with Crippen molar-refractivity contribution >= 4 is 40.5 Å². The van der Waals surface area contributed by atoms with Gasteiger partial charge >= 0.3 is 12.0 Å². The van der Waals surface area contributed by atoms with Gasteiger partial charge in [0.25, 0.3) is 18.2 Å². The summed E-state index contributed by atoms with van der Waals surface area (Å²) < 4.78 is 50.4. The summed E-state index contributed by atoms with van der Waals surface area (Å²) in [6, 6.07) is 5.03. The van der Waals surface area contributed by atoms with Crippen LogP contribution in [0.5, 0.6) is 0 Å². The molecule has 0 bridgehead atoms. The average Bonchev–Trinajstić information content (AvgIpc) is 3.68. The van der Waals surface area contributed by atoms with E-state index in [1.54, 1.807) is 39.0 Å². The van der Waals surface area contributed by atoms with Crippen molar-refractivity contribution in [2.45, 2.75) is 109 Å². The number of nitrogens with zero attached hydrogens (tertiary/aromatic N) is 1. The van der Waals surface area contributed by atoms with Crippen LogP contribution in [-0.4, -0.2) is 67.7 Å². The first kappa shape index (κ1) is 36.7. The van der Waals surface area contributed by atoms with Crippen molar-refractivity contribution < 1.29 is 41.5 Å². The van der Waals surface area contributed by atoms with E-state index in [0.29, 0.717) is 55.3 Å². The zero-order chi connectivity index (χ0) is 35.5. The van der Waals surface area contributed by atoms with Gasteiger partial charge in [0, 0.05) is 29.9 Å². The van der Waals surface area contributed by atoms with Crippen LogP contribution in [0.4, 0.5) is 23.7 Å². The van der Waals surface area contributed by atoms with E-state index in [-0.39, 0.29) is 33.9 Å². The number of carbonyl (C=O) groups is 4. The molecule has 1 saturated heterocycles. The van der Waals surface area contributed by atoms with Gasteiger partial charge in [0.15, 0.2) is 11.8 Å². The van der Waals surface area contributed by atoms with Gasteiger partial charge in [-0.05, 0) is 83.3 Å². The van der Waals surface area contributed by atoms with Crippen molar-refractivity contribution in [1.29, 1.82) is 0 Å². The number of quaternary nitrogens is 1. The van der Waals surface area contributed by atoms with E-state index in [4.69, 9.17) is 14.9 Å². The van der Waals surface area contributed by atoms with E-state index in [1.165, 1.54) is 6.07 Å². The number of rotatable bonds is 10. The summed E-state index contributed by atoms with van der Waals surface area (Å²) >= 11 is 0. The highest BCUT2D eigenvalue weighted by atomic mass is 19.3. The Bertz CT molecular complexity index is 1510. The quantitative estimate of drug-likeness (QED) is 0.247. The number of ether oxygens (including phenoxy) is 1. The Morgan fingerprint density at radius 3 is 2.31 bits per heavy atom. The van der Waals surface area contributed by atoms with Gasteiger partial charge in [0.1, 0.15) is 23.5 Å². The predicted molar refractivity (Wildman–Crippen MR) is 178 cm³/mol. The minimum Gasteiger partial charge on any atom is -0.451 e. The van der Waals surface area contributed by atoms with Gasteiger partial charge in [0.05, 0.1) is 25.0 Å². The number of nitrogens with one attached hydrogen (secondary N) is 2. The molecule has 2 aromatic rings. The lowest BCUT2D eigenvalue weighted by Gasteiger charge is -2.42. The number of hydrogen-bond donors (Lipinski definition) is 3. The highest BCUT2D eigenvalue weighted by molar-refractivity contribution is 6.01. The monoisotopic (exact) mass is 691 g/mol. The van der Waals surface area contributed by atoms with Gasteiger partial charge in [-0.2, -0.15) is 0 Å². The molecule has 1 unspecified atom stereocenters. The maximum Gasteiger partial charge on any atom is 0.407 e. The number of fused-ring (bicyclic) bond motifs is 1. The van der Waals surface area contributed by atoms with E-state index in [0.717, 1.165) is 32.1 Å². The van der Waals surface area contributed by atoms with E-state index >= 15 is 0 Å². The molecule has 1 aromatic carbocycles. The molecule has 2 saturated carbocycles. The molecule has 3 fully saturated rings. The minimum atomic E-state index is -2.72. The number of amides is 4. The summed E-state index contributed by atoms with van der Waals surface area (Å²) in [5, 5.41) is 5.31.